The van der Waals surface area contributed by atoms with Crippen LogP contribution in [0.3, 0.4) is 0 Å². The maximum atomic E-state index is 5.89. The van der Waals surface area contributed by atoms with Crippen molar-refractivity contribution in [1.82, 2.24) is 0 Å². The summed E-state index contributed by atoms with van der Waals surface area (Å²) in [4.78, 5) is 0. The molecule has 4 nitrogen and oxygen atoms in total. The number of rotatable bonds is 26. The van der Waals surface area contributed by atoms with Crippen LogP contribution in [0, 0.1) is 0 Å². The second kappa shape index (κ2) is 25.4. The second-order valence-corrected chi connectivity index (χ2v) is 11.4. The van der Waals surface area contributed by atoms with Gasteiger partial charge in [0.05, 0.1) is 0 Å². The molecular formula is C27H56O4Si. The van der Waals surface area contributed by atoms with E-state index in [2.05, 4.69) is 19.1 Å². The molecule has 0 saturated carbocycles. The van der Waals surface area contributed by atoms with Gasteiger partial charge in [0, 0.05) is 39.1 Å². The van der Waals surface area contributed by atoms with Crippen LogP contribution in [0.25, 0.3) is 0 Å². The van der Waals surface area contributed by atoms with Gasteiger partial charge in [0.15, 0.2) is 0 Å². The lowest BCUT2D eigenvalue weighted by atomic mass is 10.1. The highest BCUT2D eigenvalue weighted by Crippen LogP contribution is 2.18. The standard InChI is InChI=1S/C27H56O4Si/c1-5-9-10-11-12-13-14-15-16-17-18-19-20-21-22-23-25-28-26-24-27-32(29-6-2,30-7-3)31-8-4/h15-16H,5-14,17-27H2,1-4H3/b16-15-. The number of allylic oxidation sites excluding steroid dienone is 2. The molecule has 0 bridgehead atoms. The minimum atomic E-state index is -2.49. The van der Waals surface area contributed by atoms with Gasteiger partial charge in [0.2, 0.25) is 0 Å². The lowest BCUT2D eigenvalue weighted by Gasteiger charge is -2.28. The Kier molecular flexibility index (Phi) is 25.3. The van der Waals surface area contributed by atoms with Gasteiger partial charge >= 0.3 is 8.80 Å². The van der Waals surface area contributed by atoms with Crippen molar-refractivity contribution in [2.45, 2.75) is 130 Å². The van der Waals surface area contributed by atoms with Crippen molar-refractivity contribution in [1.29, 1.82) is 0 Å². The molecule has 0 radical (unpaired) electrons. The lowest BCUT2D eigenvalue weighted by Crippen LogP contribution is -2.46. The van der Waals surface area contributed by atoms with Gasteiger partial charge in [0.1, 0.15) is 0 Å². The fourth-order valence-corrected chi connectivity index (χ4v) is 6.53. The van der Waals surface area contributed by atoms with E-state index >= 15 is 0 Å². The predicted octanol–water partition coefficient (Wildman–Crippen LogP) is 8.48. The summed E-state index contributed by atoms with van der Waals surface area (Å²) in [6, 6.07) is 0.843. The third-order valence-electron chi connectivity index (χ3n) is 5.66. The number of hydrogen-bond donors (Lipinski definition) is 0. The zero-order valence-corrected chi connectivity index (χ0v) is 23.1. The van der Waals surface area contributed by atoms with Gasteiger partial charge in [-0.25, -0.2) is 0 Å². The van der Waals surface area contributed by atoms with Crippen molar-refractivity contribution in [3.63, 3.8) is 0 Å². The summed E-state index contributed by atoms with van der Waals surface area (Å²) < 4.78 is 23.5. The van der Waals surface area contributed by atoms with Crippen LogP contribution >= 0.6 is 0 Å². The van der Waals surface area contributed by atoms with E-state index in [4.69, 9.17) is 18.0 Å². The molecule has 0 N–H and O–H groups in total. The molecule has 0 atom stereocenters. The minimum Gasteiger partial charge on any atom is -0.381 e. The van der Waals surface area contributed by atoms with Crippen molar-refractivity contribution in [3.05, 3.63) is 12.2 Å². The third kappa shape index (κ3) is 20.4. The van der Waals surface area contributed by atoms with E-state index in [-0.39, 0.29) is 0 Å². The van der Waals surface area contributed by atoms with Crippen LogP contribution in [0.1, 0.15) is 124 Å². The number of unbranched alkanes of at least 4 members (excludes halogenated alkanes) is 12. The molecule has 0 aromatic rings. The summed E-state index contributed by atoms with van der Waals surface area (Å²) in [6.45, 7) is 11.9. The first kappa shape index (κ1) is 31.8. The van der Waals surface area contributed by atoms with Crippen molar-refractivity contribution in [3.8, 4) is 0 Å². The second-order valence-electron chi connectivity index (χ2n) is 8.64. The lowest BCUT2D eigenvalue weighted by molar-refractivity contribution is 0.0657. The molecule has 0 aliphatic rings. The fourth-order valence-electron chi connectivity index (χ4n) is 3.95. The molecule has 0 spiro atoms. The van der Waals surface area contributed by atoms with E-state index in [0.717, 1.165) is 25.7 Å². The van der Waals surface area contributed by atoms with E-state index in [1.807, 2.05) is 20.8 Å². The molecular weight excluding hydrogens is 416 g/mol. The zero-order chi connectivity index (χ0) is 23.6. The monoisotopic (exact) mass is 472 g/mol. The Morgan fingerprint density at radius 1 is 0.500 bits per heavy atom. The van der Waals surface area contributed by atoms with Crippen molar-refractivity contribution in [2.75, 3.05) is 33.0 Å². The fraction of sp³-hybridized carbons (Fsp3) is 0.926. The van der Waals surface area contributed by atoms with E-state index in [1.165, 1.54) is 89.9 Å². The molecule has 0 unspecified atom stereocenters. The molecule has 5 heteroatoms. The highest BCUT2D eigenvalue weighted by atomic mass is 28.4. The number of ether oxygens (including phenoxy) is 1. The minimum absolute atomic E-state index is 0.641. The van der Waals surface area contributed by atoms with E-state index in [0.29, 0.717) is 19.8 Å². The highest BCUT2D eigenvalue weighted by Gasteiger charge is 2.39. The molecule has 0 amide bonds. The molecule has 0 heterocycles. The van der Waals surface area contributed by atoms with E-state index in [9.17, 15) is 0 Å². The summed E-state index contributed by atoms with van der Waals surface area (Å²) in [6.07, 6.45) is 24.5. The Bertz CT molecular complexity index is 373. The van der Waals surface area contributed by atoms with Gasteiger partial charge in [-0.3, -0.25) is 0 Å². The maximum Gasteiger partial charge on any atom is 0.501 e. The first-order valence-electron chi connectivity index (χ1n) is 13.9. The SMILES string of the molecule is CCCCCCCC/C=C\CCCCCCCCOCCC[Si](OCC)(OCC)OCC. The average Bonchev–Trinajstić information content (AvgIpc) is 2.78. The van der Waals surface area contributed by atoms with Gasteiger partial charge in [-0.05, 0) is 59.3 Å². The van der Waals surface area contributed by atoms with Crippen molar-refractivity contribution in [2.24, 2.45) is 0 Å². The average molecular weight is 473 g/mol. The smallest absolute Gasteiger partial charge is 0.381 e. The molecule has 0 rings (SSSR count). The topological polar surface area (TPSA) is 36.9 Å². The van der Waals surface area contributed by atoms with Crippen molar-refractivity contribution < 1.29 is 18.0 Å². The normalized spacial score (nSPS) is 12.2. The summed E-state index contributed by atoms with van der Waals surface area (Å²) >= 11 is 0. The zero-order valence-electron chi connectivity index (χ0n) is 22.1. The summed E-state index contributed by atoms with van der Waals surface area (Å²) in [5.74, 6) is 0. The van der Waals surface area contributed by atoms with Crippen LogP contribution in [-0.2, 0) is 18.0 Å². The van der Waals surface area contributed by atoms with Gasteiger partial charge in [-0.2, -0.15) is 0 Å². The summed E-state index contributed by atoms with van der Waals surface area (Å²) in [7, 11) is -2.49. The number of hydrogen-bond acceptors (Lipinski definition) is 4. The van der Waals surface area contributed by atoms with Gasteiger partial charge in [-0.1, -0.05) is 76.9 Å². The first-order valence-corrected chi connectivity index (χ1v) is 15.8. The quantitative estimate of drug-likeness (QED) is 0.0718. The van der Waals surface area contributed by atoms with Crippen molar-refractivity contribution >= 4 is 8.80 Å². The van der Waals surface area contributed by atoms with Crippen LogP contribution < -0.4 is 0 Å². The Balaban J connectivity index is 3.44. The Hall–Kier alpha value is -0.203. The molecule has 0 saturated heterocycles. The Morgan fingerprint density at radius 2 is 0.938 bits per heavy atom. The van der Waals surface area contributed by atoms with Crippen LogP contribution in [0.4, 0.5) is 0 Å². The van der Waals surface area contributed by atoms with Crippen LogP contribution in [-0.4, -0.2) is 41.8 Å². The molecule has 32 heavy (non-hydrogen) atoms. The van der Waals surface area contributed by atoms with Gasteiger partial charge in [-0.15, -0.1) is 0 Å². The Morgan fingerprint density at radius 3 is 1.44 bits per heavy atom. The summed E-state index contributed by atoms with van der Waals surface area (Å²) in [5, 5.41) is 0. The molecule has 0 aromatic carbocycles. The molecule has 0 aliphatic heterocycles. The van der Waals surface area contributed by atoms with Crippen LogP contribution in [0.5, 0.6) is 0 Å². The Labute approximate surface area is 202 Å². The summed E-state index contributed by atoms with van der Waals surface area (Å²) in [5.41, 5.74) is 0. The molecule has 192 valence electrons. The van der Waals surface area contributed by atoms with Crippen LogP contribution in [0.2, 0.25) is 6.04 Å². The molecule has 0 aromatic heterocycles. The van der Waals surface area contributed by atoms with Crippen LogP contribution in [0.15, 0.2) is 12.2 Å². The predicted molar refractivity (Wildman–Crippen MR) is 140 cm³/mol. The molecule has 0 fully saturated rings. The highest BCUT2D eigenvalue weighted by molar-refractivity contribution is 6.60. The van der Waals surface area contributed by atoms with Gasteiger partial charge in [0.25, 0.3) is 0 Å². The maximum absolute atomic E-state index is 5.89. The largest absolute Gasteiger partial charge is 0.501 e. The third-order valence-corrected chi connectivity index (χ3v) is 8.82. The van der Waals surface area contributed by atoms with Gasteiger partial charge < -0.3 is 18.0 Å². The van der Waals surface area contributed by atoms with E-state index < -0.39 is 8.80 Å². The van der Waals surface area contributed by atoms with E-state index in [1.54, 1.807) is 0 Å². The molecule has 0 aliphatic carbocycles. The first-order chi connectivity index (χ1) is 15.7.